The van der Waals surface area contributed by atoms with Crippen LogP contribution < -0.4 is 5.73 Å². The van der Waals surface area contributed by atoms with Crippen LogP contribution in [0.15, 0.2) is 0 Å². The first-order valence-corrected chi connectivity index (χ1v) is 6.40. The molecule has 0 spiro atoms. The summed E-state index contributed by atoms with van der Waals surface area (Å²) in [5, 5.41) is 0. The summed E-state index contributed by atoms with van der Waals surface area (Å²) in [6, 6.07) is 0. The molecule has 0 bridgehead atoms. The minimum atomic E-state index is -0.904. The molecule has 0 aromatic heterocycles. The lowest BCUT2D eigenvalue weighted by Gasteiger charge is -2.32. The van der Waals surface area contributed by atoms with E-state index >= 15 is 0 Å². The van der Waals surface area contributed by atoms with Gasteiger partial charge in [0.15, 0.2) is 0 Å². The van der Waals surface area contributed by atoms with Gasteiger partial charge < -0.3 is 15.4 Å². The quantitative estimate of drug-likeness (QED) is 0.556. The summed E-state index contributed by atoms with van der Waals surface area (Å²) in [5.41, 5.74) is 4.74. The van der Waals surface area contributed by atoms with Crippen LogP contribution in [0.25, 0.3) is 0 Å². The molecule has 1 unspecified atom stereocenters. The number of hydrogen-bond donors (Lipinski definition) is 1. The van der Waals surface area contributed by atoms with Gasteiger partial charge in [0.05, 0.1) is 17.5 Å². The first kappa shape index (κ1) is 16.8. The second-order valence-corrected chi connectivity index (χ2v) is 4.79. The van der Waals surface area contributed by atoms with Crippen molar-refractivity contribution < 1.29 is 14.3 Å². The average Bonchev–Trinajstić information content (AvgIpc) is 2.35. The van der Waals surface area contributed by atoms with E-state index in [0.29, 0.717) is 13.0 Å². The molecule has 0 radical (unpaired) electrons. The Labute approximate surface area is 114 Å². The summed E-state index contributed by atoms with van der Waals surface area (Å²) in [4.78, 5) is 25.3. The molecule has 18 heavy (non-hydrogen) atoms. The lowest BCUT2D eigenvalue weighted by Crippen LogP contribution is -2.50. The highest BCUT2D eigenvalue weighted by atomic mass is 32.1. The van der Waals surface area contributed by atoms with E-state index in [1.54, 1.807) is 6.92 Å². The predicted molar refractivity (Wildman–Crippen MR) is 74.1 cm³/mol. The van der Waals surface area contributed by atoms with Crippen molar-refractivity contribution in [2.24, 2.45) is 11.1 Å². The van der Waals surface area contributed by atoms with Crippen molar-refractivity contribution in [2.45, 2.75) is 33.6 Å². The fourth-order valence-corrected chi connectivity index (χ4v) is 1.75. The number of ether oxygens (including phenoxy) is 1. The zero-order chi connectivity index (χ0) is 14.3. The number of rotatable bonds is 7. The topological polar surface area (TPSA) is 72.6 Å². The van der Waals surface area contributed by atoms with E-state index in [9.17, 15) is 9.59 Å². The Kier molecular flexibility index (Phi) is 6.83. The Morgan fingerprint density at radius 3 is 2.28 bits per heavy atom. The zero-order valence-corrected chi connectivity index (χ0v) is 12.3. The molecule has 1 amide bonds. The van der Waals surface area contributed by atoms with E-state index in [0.717, 1.165) is 6.42 Å². The van der Waals surface area contributed by atoms with Gasteiger partial charge >= 0.3 is 5.97 Å². The summed E-state index contributed by atoms with van der Waals surface area (Å²) >= 11 is 4.97. The number of carbonyl (C=O) groups is 2. The van der Waals surface area contributed by atoms with Gasteiger partial charge in [-0.15, -0.1) is 0 Å². The molecule has 0 fully saturated rings. The lowest BCUT2D eigenvalue weighted by atomic mass is 9.85. The van der Waals surface area contributed by atoms with Crippen molar-refractivity contribution in [1.29, 1.82) is 0 Å². The minimum absolute atomic E-state index is 0.0681. The third-order valence-electron chi connectivity index (χ3n) is 3.05. The van der Waals surface area contributed by atoms with Crippen LogP contribution in [0.4, 0.5) is 0 Å². The second kappa shape index (κ2) is 7.31. The Balaban J connectivity index is 5.05. The van der Waals surface area contributed by atoms with Crippen molar-refractivity contribution in [2.75, 3.05) is 20.2 Å². The molecule has 0 saturated carbocycles. The third-order valence-corrected chi connectivity index (χ3v) is 3.50. The number of thiocarbonyl (C=S) groups is 1. The fourth-order valence-electron chi connectivity index (χ4n) is 1.52. The third kappa shape index (κ3) is 3.94. The Hall–Kier alpha value is -1.17. The van der Waals surface area contributed by atoms with Crippen LogP contribution >= 0.6 is 12.2 Å². The molecular weight excluding hydrogens is 252 g/mol. The molecule has 0 rings (SSSR count). The second-order valence-electron chi connectivity index (χ2n) is 4.35. The van der Waals surface area contributed by atoms with Gasteiger partial charge in [-0.1, -0.05) is 26.1 Å². The standard InChI is InChI=1S/C12H22N2O3S/c1-5-7-14(8-9(15)17-4)11(16)12(3,6-2)10(13)18/h5-8H2,1-4H3,(H2,13,18). The molecule has 0 heterocycles. The van der Waals surface area contributed by atoms with E-state index in [4.69, 9.17) is 18.0 Å². The highest BCUT2D eigenvalue weighted by Gasteiger charge is 2.38. The van der Waals surface area contributed by atoms with Crippen LogP contribution in [0, 0.1) is 5.41 Å². The molecule has 0 aliphatic rings. The highest BCUT2D eigenvalue weighted by Crippen LogP contribution is 2.25. The van der Waals surface area contributed by atoms with Gasteiger partial charge in [0.1, 0.15) is 6.54 Å². The van der Waals surface area contributed by atoms with Crippen LogP contribution in [-0.4, -0.2) is 42.0 Å². The van der Waals surface area contributed by atoms with Crippen molar-refractivity contribution in [3.8, 4) is 0 Å². The maximum Gasteiger partial charge on any atom is 0.325 e. The van der Waals surface area contributed by atoms with E-state index in [1.165, 1.54) is 12.0 Å². The molecule has 1 atom stereocenters. The minimum Gasteiger partial charge on any atom is -0.468 e. The van der Waals surface area contributed by atoms with Crippen molar-refractivity contribution in [3.05, 3.63) is 0 Å². The van der Waals surface area contributed by atoms with Gasteiger partial charge in [0.2, 0.25) is 5.91 Å². The smallest absolute Gasteiger partial charge is 0.325 e. The zero-order valence-electron chi connectivity index (χ0n) is 11.5. The van der Waals surface area contributed by atoms with E-state index < -0.39 is 11.4 Å². The number of esters is 1. The number of nitrogens with zero attached hydrogens (tertiary/aromatic N) is 1. The molecule has 0 aliphatic heterocycles. The molecule has 0 aromatic rings. The average molecular weight is 274 g/mol. The summed E-state index contributed by atoms with van der Waals surface area (Å²) in [5.74, 6) is -0.664. The summed E-state index contributed by atoms with van der Waals surface area (Å²) in [6.07, 6.45) is 1.25. The largest absolute Gasteiger partial charge is 0.468 e. The van der Waals surface area contributed by atoms with Crippen LogP contribution in [0.3, 0.4) is 0 Å². The van der Waals surface area contributed by atoms with Gasteiger partial charge in [-0.05, 0) is 19.8 Å². The number of nitrogens with two attached hydrogens (primary N) is 1. The SMILES string of the molecule is CCCN(CC(=O)OC)C(=O)C(C)(CC)C(N)=S. The Morgan fingerprint density at radius 2 is 1.94 bits per heavy atom. The summed E-state index contributed by atoms with van der Waals surface area (Å²) < 4.78 is 4.59. The van der Waals surface area contributed by atoms with Gasteiger partial charge in [-0.2, -0.15) is 0 Å². The molecule has 0 aromatic carbocycles. The monoisotopic (exact) mass is 274 g/mol. The van der Waals surface area contributed by atoms with Crippen molar-refractivity contribution in [3.63, 3.8) is 0 Å². The molecule has 0 saturated heterocycles. The summed E-state index contributed by atoms with van der Waals surface area (Å²) in [7, 11) is 1.30. The van der Waals surface area contributed by atoms with Gasteiger partial charge in [0, 0.05) is 6.54 Å². The Morgan fingerprint density at radius 1 is 1.39 bits per heavy atom. The lowest BCUT2D eigenvalue weighted by molar-refractivity contribution is -0.149. The predicted octanol–water partition coefficient (Wildman–Crippen LogP) is 1.10. The van der Waals surface area contributed by atoms with E-state index in [2.05, 4.69) is 4.74 Å². The maximum atomic E-state index is 12.4. The van der Waals surface area contributed by atoms with Gasteiger partial charge in [0.25, 0.3) is 0 Å². The highest BCUT2D eigenvalue weighted by molar-refractivity contribution is 7.80. The fraction of sp³-hybridized carbons (Fsp3) is 0.750. The van der Waals surface area contributed by atoms with Crippen LogP contribution in [0.1, 0.15) is 33.6 Å². The number of carbonyl (C=O) groups excluding carboxylic acids is 2. The Bertz CT molecular complexity index is 333. The van der Waals surface area contributed by atoms with Crippen LogP contribution in [0.5, 0.6) is 0 Å². The molecule has 2 N–H and O–H groups in total. The van der Waals surface area contributed by atoms with E-state index in [1.807, 2.05) is 13.8 Å². The number of methoxy groups -OCH3 is 1. The number of amides is 1. The molecule has 5 nitrogen and oxygen atoms in total. The van der Waals surface area contributed by atoms with Crippen molar-refractivity contribution >= 4 is 29.1 Å². The maximum absolute atomic E-state index is 12.4. The molecule has 104 valence electrons. The first-order valence-electron chi connectivity index (χ1n) is 5.99. The molecule has 0 aliphatic carbocycles. The first-order chi connectivity index (χ1) is 8.33. The molecule has 6 heteroatoms. The van der Waals surface area contributed by atoms with Gasteiger partial charge in [-0.3, -0.25) is 9.59 Å². The van der Waals surface area contributed by atoms with Crippen LogP contribution in [-0.2, 0) is 14.3 Å². The van der Waals surface area contributed by atoms with Crippen LogP contribution in [0.2, 0.25) is 0 Å². The van der Waals surface area contributed by atoms with Gasteiger partial charge in [-0.25, -0.2) is 0 Å². The normalized spacial score (nSPS) is 13.6. The van der Waals surface area contributed by atoms with E-state index in [-0.39, 0.29) is 17.4 Å². The summed E-state index contributed by atoms with van der Waals surface area (Å²) in [6.45, 7) is 5.89. The number of hydrogen-bond acceptors (Lipinski definition) is 4. The molecular formula is C12H22N2O3S. The van der Waals surface area contributed by atoms with Crippen molar-refractivity contribution in [1.82, 2.24) is 4.90 Å².